The number of carbonyl (C=O) groups excluding carboxylic acids is 1. The highest BCUT2D eigenvalue weighted by molar-refractivity contribution is 5.77. The minimum absolute atomic E-state index is 0.0220. The molecular weight excluding hydrogens is 130 g/mol. The van der Waals surface area contributed by atoms with Gasteiger partial charge in [0, 0.05) is 0 Å². The fourth-order valence-electron chi connectivity index (χ4n) is 1.75. The van der Waals surface area contributed by atoms with E-state index in [1.165, 1.54) is 0 Å². The zero-order valence-corrected chi connectivity index (χ0v) is 5.80. The summed E-state index contributed by atoms with van der Waals surface area (Å²) in [6, 6.07) is 0.0220. The molecule has 0 radical (unpaired) electrons. The van der Waals surface area contributed by atoms with Crippen LogP contribution in [0.3, 0.4) is 0 Å². The maximum atomic E-state index is 11.0. The van der Waals surface area contributed by atoms with Gasteiger partial charge in [0.2, 0.25) is 0 Å². The van der Waals surface area contributed by atoms with Crippen LogP contribution in [0, 0.1) is 5.92 Å². The van der Waals surface area contributed by atoms with Crippen LogP contribution in [0.5, 0.6) is 0 Å². The summed E-state index contributed by atoms with van der Waals surface area (Å²) in [6.45, 7) is 1.60. The fourth-order valence-corrected chi connectivity index (χ4v) is 1.75. The van der Waals surface area contributed by atoms with E-state index in [0.29, 0.717) is 12.5 Å². The first-order chi connectivity index (χ1) is 4.88. The Kier molecular flexibility index (Phi) is 1.38. The topological polar surface area (TPSA) is 38.3 Å². The Morgan fingerprint density at radius 2 is 2.40 bits per heavy atom. The Bertz CT molecular complexity index is 158. The Hall–Kier alpha value is -0.570. The molecule has 2 heterocycles. The average Bonchev–Trinajstić information content (AvgIpc) is 2.36. The molecular formula is C7H11NO2. The first-order valence-electron chi connectivity index (χ1n) is 3.78. The van der Waals surface area contributed by atoms with Crippen molar-refractivity contribution in [2.45, 2.75) is 18.9 Å². The predicted octanol–water partition coefficient (Wildman–Crippen LogP) is -0.0886. The van der Waals surface area contributed by atoms with Gasteiger partial charge < -0.3 is 10.1 Å². The smallest absolute Gasteiger partial charge is 0.323 e. The standard InChI is InChI=1S/C7H11NO2/c9-7-6-5(1-3-8-6)2-4-10-7/h5-6,8H,1-4H2/t5-,6-/m0/s1. The Labute approximate surface area is 59.7 Å². The molecule has 3 nitrogen and oxygen atoms in total. The molecule has 10 heavy (non-hydrogen) atoms. The molecule has 1 N–H and O–H groups in total. The third kappa shape index (κ3) is 0.814. The van der Waals surface area contributed by atoms with Gasteiger partial charge in [0.25, 0.3) is 0 Å². The molecule has 2 aliphatic heterocycles. The van der Waals surface area contributed by atoms with E-state index in [4.69, 9.17) is 4.74 Å². The number of cyclic esters (lactones) is 1. The van der Waals surface area contributed by atoms with E-state index in [-0.39, 0.29) is 12.0 Å². The van der Waals surface area contributed by atoms with Gasteiger partial charge in [-0.25, -0.2) is 0 Å². The minimum atomic E-state index is -0.0475. The Morgan fingerprint density at radius 3 is 3.20 bits per heavy atom. The summed E-state index contributed by atoms with van der Waals surface area (Å²) in [5, 5.41) is 3.13. The summed E-state index contributed by atoms with van der Waals surface area (Å²) in [5.41, 5.74) is 0. The molecule has 0 unspecified atom stereocenters. The quantitative estimate of drug-likeness (QED) is 0.479. The van der Waals surface area contributed by atoms with Crippen molar-refractivity contribution in [3.8, 4) is 0 Å². The van der Waals surface area contributed by atoms with Crippen molar-refractivity contribution in [3.05, 3.63) is 0 Å². The second-order valence-electron chi connectivity index (χ2n) is 2.94. The zero-order valence-electron chi connectivity index (χ0n) is 5.80. The first-order valence-corrected chi connectivity index (χ1v) is 3.78. The van der Waals surface area contributed by atoms with E-state index in [1.807, 2.05) is 0 Å². The molecule has 0 spiro atoms. The van der Waals surface area contributed by atoms with Crippen LogP contribution in [0.2, 0.25) is 0 Å². The number of fused-ring (bicyclic) bond motifs is 1. The van der Waals surface area contributed by atoms with E-state index in [0.717, 1.165) is 19.4 Å². The van der Waals surface area contributed by atoms with Crippen LogP contribution in [-0.2, 0) is 9.53 Å². The van der Waals surface area contributed by atoms with Crippen LogP contribution in [0.4, 0.5) is 0 Å². The molecule has 2 atom stereocenters. The molecule has 0 aromatic rings. The van der Waals surface area contributed by atoms with E-state index in [1.54, 1.807) is 0 Å². The minimum Gasteiger partial charge on any atom is -0.465 e. The van der Waals surface area contributed by atoms with Gasteiger partial charge in [0.05, 0.1) is 6.61 Å². The van der Waals surface area contributed by atoms with Gasteiger partial charge >= 0.3 is 5.97 Å². The van der Waals surface area contributed by atoms with Crippen LogP contribution in [0.15, 0.2) is 0 Å². The van der Waals surface area contributed by atoms with Gasteiger partial charge in [-0.3, -0.25) is 4.79 Å². The number of hydrogen-bond acceptors (Lipinski definition) is 3. The lowest BCUT2D eigenvalue weighted by Gasteiger charge is -2.23. The molecule has 2 rings (SSSR count). The monoisotopic (exact) mass is 141 g/mol. The van der Waals surface area contributed by atoms with Crippen molar-refractivity contribution >= 4 is 5.97 Å². The highest BCUT2D eigenvalue weighted by atomic mass is 16.5. The van der Waals surface area contributed by atoms with Crippen LogP contribution in [-0.4, -0.2) is 25.2 Å². The number of carbonyl (C=O) groups is 1. The fraction of sp³-hybridized carbons (Fsp3) is 0.857. The molecule has 0 aromatic carbocycles. The third-order valence-corrected chi connectivity index (χ3v) is 2.34. The summed E-state index contributed by atoms with van der Waals surface area (Å²) in [7, 11) is 0. The normalized spacial score (nSPS) is 39.0. The largest absolute Gasteiger partial charge is 0.465 e. The molecule has 0 aromatic heterocycles. The van der Waals surface area contributed by atoms with E-state index in [2.05, 4.69) is 5.32 Å². The SMILES string of the molecule is O=C1OCC[C@@H]2CCN[C@H]12. The van der Waals surface area contributed by atoms with E-state index >= 15 is 0 Å². The van der Waals surface area contributed by atoms with Crippen molar-refractivity contribution in [3.63, 3.8) is 0 Å². The second-order valence-corrected chi connectivity index (χ2v) is 2.94. The molecule has 0 amide bonds. The van der Waals surface area contributed by atoms with Crippen molar-refractivity contribution in [2.75, 3.05) is 13.2 Å². The van der Waals surface area contributed by atoms with Crippen molar-refractivity contribution in [2.24, 2.45) is 5.92 Å². The number of esters is 1. The molecule has 0 saturated carbocycles. The van der Waals surface area contributed by atoms with Gasteiger partial charge in [0.1, 0.15) is 6.04 Å². The van der Waals surface area contributed by atoms with E-state index in [9.17, 15) is 4.79 Å². The number of nitrogens with one attached hydrogen (secondary N) is 1. The van der Waals surface area contributed by atoms with Gasteiger partial charge in [-0.2, -0.15) is 0 Å². The van der Waals surface area contributed by atoms with Gasteiger partial charge in [0.15, 0.2) is 0 Å². The molecule has 2 aliphatic rings. The third-order valence-electron chi connectivity index (χ3n) is 2.34. The molecule has 2 fully saturated rings. The van der Waals surface area contributed by atoms with Crippen molar-refractivity contribution in [1.29, 1.82) is 0 Å². The van der Waals surface area contributed by atoms with Crippen molar-refractivity contribution < 1.29 is 9.53 Å². The number of rotatable bonds is 0. The molecule has 0 bridgehead atoms. The highest BCUT2D eigenvalue weighted by Gasteiger charge is 2.36. The lowest BCUT2D eigenvalue weighted by Crippen LogP contribution is -2.41. The lowest BCUT2D eigenvalue weighted by atomic mass is 9.96. The number of hydrogen-bond donors (Lipinski definition) is 1. The van der Waals surface area contributed by atoms with Crippen molar-refractivity contribution in [1.82, 2.24) is 5.32 Å². The maximum absolute atomic E-state index is 11.0. The van der Waals surface area contributed by atoms with Crippen LogP contribution in [0.25, 0.3) is 0 Å². The summed E-state index contributed by atoms with van der Waals surface area (Å²) in [6.07, 6.45) is 2.18. The molecule has 56 valence electrons. The Morgan fingerprint density at radius 1 is 1.50 bits per heavy atom. The second kappa shape index (κ2) is 2.23. The first kappa shape index (κ1) is 6.16. The molecule has 3 heteroatoms. The van der Waals surface area contributed by atoms with Gasteiger partial charge in [-0.1, -0.05) is 0 Å². The Balaban J connectivity index is 2.10. The van der Waals surface area contributed by atoms with Gasteiger partial charge in [-0.15, -0.1) is 0 Å². The number of ether oxygens (including phenoxy) is 1. The van der Waals surface area contributed by atoms with Crippen LogP contribution in [0.1, 0.15) is 12.8 Å². The summed E-state index contributed by atoms with van der Waals surface area (Å²) in [4.78, 5) is 11.0. The lowest BCUT2D eigenvalue weighted by molar-refractivity contribution is -0.151. The van der Waals surface area contributed by atoms with E-state index < -0.39 is 0 Å². The average molecular weight is 141 g/mol. The molecule has 2 saturated heterocycles. The predicted molar refractivity (Wildman–Crippen MR) is 35.5 cm³/mol. The summed E-state index contributed by atoms with van der Waals surface area (Å²) in [5.74, 6) is 0.509. The summed E-state index contributed by atoms with van der Waals surface area (Å²) < 4.78 is 4.89. The zero-order chi connectivity index (χ0) is 6.97. The molecule has 0 aliphatic carbocycles. The maximum Gasteiger partial charge on any atom is 0.323 e. The van der Waals surface area contributed by atoms with Crippen LogP contribution >= 0.6 is 0 Å². The van der Waals surface area contributed by atoms with Crippen LogP contribution < -0.4 is 5.32 Å². The summed E-state index contributed by atoms with van der Waals surface area (Å²) >= 11 is 0. The van der Waals surface area contributed by atoms with Gasteiger partial charge in [-0.05, 0) is 25.3 Å². The highest BCUT2D eigenvalue weighted by Crippen LogP contribution is 2.23.